The van der Waals surface area contributed by atoms with Crippen molar-refractivity contribution in [1.29, 1.82) is 0 Å². The average Bonchev–Trinajstić information content (AvgIpc) is 3.11. The van der Waals surface area contributed by atoms with Crippen LogP contribution in [0.1, 0.15) is 5.56 Å². The fourth-order valence-corrected chi connectivity index (χ4v) is 3.73. The highest BCUT2D eigenvalue weighted by atomic mass is 32.2. The van der Waals surface area contributed by atoms with E-state index in [1.165, 1.54) is 5.56 Å². The number of hydrogen-bond donors (Lipinski definition) is 1. The third-order valence-electron chi connectivity index (χ3n) is 3.34. The minimum Gasteiger partial charge on any atom is -0.354 e. The summed E-state index contributed by atoms with van der Waals surface area (Å²) in [6, 6.07) is 9.06. The van der Waals surface area contributed by atoms with Crippen LogP contribution < -0.4 is 10.9 Å². The van der Waals surface area contributed by atoms with Gasteiger partial charge in [0.2, 0.25) is 5.91 Å². The van der Waals surface area contributed by atoms with Gasteiger partial charge >= 0.3 is 0 Å². The molecule has 1 N–H and O–H groups in total. The van der Waals surface area contributed by atoms with Crippen LogP contribution in [0.25, 0.3) is 10.9 Å². The van der Waals surface area contributed by atoms with E-state index in [2.05, 4.69) is 32.5 Å². The second-order valence-corrected chi connectivity index (χ2v) is 6.99. The van der Waals surface area contributed by atoms with Gasteiger partial charge in [0, 0.05) is 18.1 Å². The lowest BCUT2D eigenvalue weighted by Crippen LogP contribution is -2.35. The molecule has 1 amide bonds. The van der Waals surface area contributed by atoms with Gasteiger partial charge in [-0.2, -0.15) is 23.1 Å². The maximum Gasteiger partial charge on any atom is 0.278 e. The Hall–Kier alpha value is -2.19. The predicted molar refractivity (Wildman–Crippen MR) is 97.3 cm³/mol. The van der Waals surface area contributed by atoms with E-state index in [1.807, 2.05) is 0 Å². The summed E-state index contributed by atoms with van der Waals surface area (Å²) in [7, 11) is 0. The van der Waals surface area contributed by atoms with Crippen LogP contribution in [0.2, 0.25) is 0 Å². The zero-order chi connectivity index (χ0) is 16.8. The molecule has 24 heavy (non-hydrogen) atoms. The van der Waals surface area contributed by atoms with Crippen LogP contribution in [0.15, 0.2) is 45.9 Å². The molecule has 0 spiro atoms. The van der Waals surface area contributed by atoms with Gasteiger partial charge in [-0.1, -0.05) is 17.3 Å². The van der Waals surface area contributed by atoms with E-state index >= 15 is 0 Å². The molecular weight excluding hydrogens is 344 g/mol. The summed E-state index contributed by atoms with van der Waals surface area (Å²) in [5.74, 6) is 1.52. The van der Waals surface area contributed by atoms with Gasteiger partial charge in [-0.15, -0.1) is 5.10 Å². The summed E-state index contributed by atoms with van der Waals surface area (Å²) in [5, 5.41) is 15.2. The highest BCUT2D eigenvalue weighted by molar-refractivity contribution is 7.98. The summed E-state index contributed by atoms with van der Waals surface area (Å²) in [6.07, 6.45) is 0. The Morgan fingerprint density at radius 3 is 3.00 bits per heavy atom. The van der Waals surface area contributed by atoms with Gasteiger partial charge in [0.25, 0.3) is 5.56 Å². The second kappa shape index (κ2) is 8.07. The van der Waals surface area contributed by atoms with Crippen molar-refractivity contribution >= 4 is 39.9 Å². The lowest BCUT2D eigenvalue weighted by atomic mass is 10.2. The van der Waals surface area contributed by atoms with Crippen molar-refractivity contribution in [1.82, 2.24) is 20.3 Å². The van der Waals surface area contributed by atoms with Gasteiger partial charge < -0.3 is 5.32 Å². The van der Waals surface area contributed by atoms with Crippen molar-refractivity contribution in [2.75, 3.05) is 12.3 Å². The Bertz CT molecular complexity index is 877. The Kier molecular flexibility index (Phi) is 5.60. The monoisotopic (exact) mass is 360 g/mol. The van der Waals surface area contributed by atoms with E-state index in [9.17, 15) is 9.59 Å². The maximum absolute atomic E-state index is 12.2. The molecule has 0 saturated heterocycles. The third kappa shape index (κ3) is 4.21. The zero-order valence-corrected chi connectivity index (χ0v) is 14.5. The summed E-state index contributed by atoms with van der Waals surface area (Å²) in [5.41, 5.74) is 1.53. The molecule has 2 heterocycles. The van der Waals surface area contributed by atoms with Crippen LogP contribution in [-0.2, 0) is 17.1 Å². The van der Waals surface area contributed by atoms with Gasteiger partial charge in [0.1, 0.15) is 12.1 Å². The number of benzene rings is 1. The minimum absolute atomic E-state index is 0.119. The normalized spacial score (nSPS) is 10.8. The Balaban J connectivity index is 1.48. The van der Waals surface area contributed by atoms with E-state index in [0.717, 1.165) is 16.2 Å². The largest absolute Gasteiger partial charge is 0.354 e. The van der Waals surface area contributed by atoms with Gasteiger partial charge in [0.05, 0.1) is 5.39 Å². The SMILES string of the molecule is O=C(Cn1nnc2ccccc2c1=O)NCCSCc1ccsc1. The van der Waals surface area contributed by atoms with E-state index in [0.29, 0.717) is 17.4 Å². The Morgan fingerprint density at radius 1 is 1.29 bits per heavy atom. The second-order valence-electron chi connectivity index (χ2n) is 5.10. The molecule has 0 unspecified atom stereocenters. The molecule has 124 valence electrons. The smallest absolute Gasteiger partial charge is 0.278 e. The van der Waals surface area contributed by atoms with E-state index in [4.69, 9.17) is 0 Å². The summed E-state index contributed by atoms with van der Waals surface area (Å²) in [6.45, 7) is 0.440. The minimum atomic E-state index is -0.303. The molecule has 8 heteroatoms. The summed E-state index contributed by atoms with van der Waals surface area (Å²) >= 11 is 3.44. The van der Waals surface area contributed by atoms with E-state index in [-0.39, 0.29) is 18.0 Å². The molecular formula is C16H16N4O2S2. The fraction of sp³-hybridized carbons (Fsp3) is 0.250. The number of fused-ring (bicyclic) bond motifs is 1. The van der Waals surface area contributed by atoms with Crippen molar-refractivity contribution < 1.29 is 4.79 Å². The molecule has 0 aliphatic heterocycles. The first kappa shape index (κ1) is 16.7. The quantitative estimate of drug-likeness (QED) is 0.651. The van der Waals surface area contributed by atoms with Gasteiger partial charge in [-0.05, 0) is 34.5 Å². The molecule has 0 aliphatic carbocycles. The van der Waals surface area contributed by atoms with Crippen LogP contribution in [-0.4, -0.2) is 33.2 Å². The molecule has 2 aromatic heterocycles. The van der Waals surface area contributed by atoms with Crippen LogP contribution in [0.5, 0.6) is 0 Å². The molecule has 0 radical (unpaired) electrons. The number of carbonyl (C=O) groups excluding carboxylic acids is 1. The average molecular weight is 360 g/mol. The molecule has 0 atom stereocenters. The van der Waals surface area contributed by atoms with Crippen molar-refractivity contribution in [3.05, 3.63) is 57.0 Å². The predicted octanol–water partition coefficient (Wildman–Crippen LogP) is 1.90. The number of amides is 1. The van der Waals surface area contributed by atoms with Crippen LogP contribution in [0.4, 0.5) is 0 Å². The number of hydrogen-bond acceptors (Lipinski definition) is 6. The van der Waals surface area contributed by atoms with Gasteiger partial charge in [-0.3, -0.25) is 9.59 Å². The molecule has 0 fully saturated rings. The Morgan fingerprint density at radius 2 is 2.17 bits per heavy atom. The first-order chi connectivity index (χ1) is 11.7. The number of nitrogens with zero attached hydrogens (tertiary/aromatic N) is 3. The van der Waals surface area contributed by atoms with Crippen molar-refractivity contribution in [2.45, 2.75) is 12.3 Å². The maximum atomic E-state index is 12.2. The number of thioether (sulfide) groups is 1. The van der Waals surface area contributed by atoms with Crippen molar-refractivity contribution in [3.63, 3.8) is 0 Å². The van der Waals surface area contributed by atoms with Gasteiger partial charge in [0.15, 0.2) is 0 Å². The zero-order valence-electron chi connectivity index (χ0n) is 12.8. The van der Waals surface area contributed by atoms with Crippen molar-refractivity contribution in [3.8, 4) is 0 Å². The van der Waals surface area contributed by atoms with Crippen LogP contribution in [0.3, 0.4) is 0 Å². The molecule has 3 rings (SSSR count). The first-order valence-electron chi connectivity index (χ1n) is 7.42. The molecule has 3 aromatic rings. The topological polar surface area (TPSA) is 76.9 Å². The number of aromatic nitrogens is 3. The molecule has 0 saturated carbocycles. The van der Waals surface area contributed by atoms with Crippen molar-refractivity contribution in [2.24, 2.45) is 0 Å². The third-order valence-corrected chi connectivity index (χ3v) is 5.10. The lowest BCUT2D eigenvalue weighted by molar-refractivity contribution is -0.121. The summed E-state index contributed by atoms with van der Waals surface area (Å²) in [4.78, 5) is 24.2. The Labute approximate surface area is 146 Å². The highest BCUT2D eigenvalue weighted by Gasteiger charge is 2.08. The summed E-state index contributed by atoms with van der Waals surface area (Å²) < 4.78 is 1.09. The molecule has 0 bridgehead atoms. The first-order valence-corrected chi connectivity index (χ1v) is 9.52. The van der Waals surface area contributed by atoms with E-state index in [1.54, 1.807) is 47.4 Å². The number of carbonyl (C=O) groups is 1. The standard InChI is InChI=1S/C16H16N4O2S2/c21-15(17-6-8-24-11-12-5-7-23-10-12)9-20-16(22)13-3-1-2-4-14(13)18-19-20/h1-5,7,10H,6,8-9,11H2,(H,17,21). The fourth-order valence-electron chi connectivity index (χ4n) is 2.15. The van der Waals surface area contributed by atoms with E-state index < -0.39 is 0 Å². The molecule has 0 aliphatic rings. The number of rotatable bonds is 7. The number of thiophene rings is 1. The number of nitrogens with one attached hydrogen (secondary N) is 1. The molecule has 1 aromatic carbocycles. The van der Waals surface area contributed by atoms with Crippen LogP contribution >= 0.6 is 23.1 Å². The molecule has 6 nitrogen and oxygen atoms in total. The lowest BCUT2D eigenvalue weighted by Gasteiger charge is -2.06. The van der Waals surface area contributed by atoms with Crippen LogP contribution in [0, 0.1) is 0 Å². The highest BCUT2D eigenvalue weighted by Crippen LogP contribution is 2.14. The van der Waals surface area contributed by atoms with Gasteiger partial charge in [-0.25, -0.2) is 4.68 Å².